The zero-order valence-corrected chi connectivity index (χ0v) is 18.2. The second-order valence-electron chi connectivity index (χ2n) is 6.62. The zero-order chi connectivity index (χ0) is 20.1. The summed E-state index contributed by atoms with van der Waals surface area (Å²) in [7, 11) is 3.35. The van der Waals surface area contributed by atoms with E-state index in [2.05, 4.69) is 43.2 Å². The summed E-state index contributed by atoms with van der Waals surface area (Å²) < 4.78 is 13.0. The monoisotopic (exact) mass is 399 g/mol. The number of aromatic nitrogens is 2. The Bertz CT molecular complexity index is 933. The van der Waals surface area contributed by atoms with Crippen LogP contribution in [0.2, 0.25) is 0 Å². The Morgan fingerprint density at radius 3 is 2.39 bits per heavy atom. The summed E-state index contributed by atoms with van der Waals surface area (Å²) in [6, 6.07) is 12.2. The van der Waals surface area contributed by atoms with Gasteiger partial charge in [0.05, 0.1) is 31.1 Å². The van der Waals surface area contributed by atoms with Crippen molar-refractivity contribution in [2.24, 2.45) is 0 Å². The van der Waals surface area contributed by atoms with Gasteiger partial charge in [0.1, 0.15) is 16.5 Å². The van der Waals surface area contributed by atoms with Crippen molar-refractivity contribution in [1.82, 2.24) is 9.61 Å². The quantitative estimate of drug-likeness (QED) is 0.453. The van der Waals surface area contributed by atoms with Crippen molar-refractivity contribution in [3.63, 3.8) is 0 Å². The van der Waals surface area contributed by atoms with Crippen LogP contribution in [0, 0.1) is 0 Å². The first-order valence-electron chi connectivity index (χ1n) is 9.71. The fourth-order valence-corrected chi connectivity index (χ4v) is 4.15. The Balaban J connectivity index is 2.22. The SMILES string of the molecule is CCCN(CCC)c1c(SC)nn2c(-c3ccc(OC)cc3OC)cccc12. The van der Waals surface area contributed by atoms with E-state index in [9.17, 15) is 0 Å². The number of pyridine rings is 1. The van der Waals surface area contributed by atoms with Crippen LogP contribution >= 0.6 is 11.8 Å². The molecule has 0 aliphatic rings. The van der Waals surface area contributed by atoms with Gasteiger partial charge in [-0.1, -0.05) is 19.9 Å². The van der Waals surface area contributed by atoms with Crippen LogP contribution in [-0.2, 0) is 0 Å². The molecule has 0 unspecified atom stereocenters. The van der Waals surface area contributed by atoms with Crippen molar-refractivity contribution in [1.29, 1.82) is 0 Å². The Morgan fingerprint density at radius 2 is 1.79 bits per heavy atom. The van der Waals surface area contributed by atoms with Gasteiger partial charge >= 0.3 is 0 Å². The minimum atomic E-state index is 0.772. The second-order valence-corrected chi connectivity index (χ2v) is 7.41. The summed E-state index contributed by atoms with van der Waals surface area (Å²) in [4.78, 5) is 2.46. The van der Waals surface area contributed by atoms with Gasteiger partial charge in [0.15, 0.2) is 0 Å². The molecule has 2 heterocycles. The Hall–Kier alpha value is -2.34. The Morgan fingerprint density at radius 1 is 1.04 bits per heavy atom. The lowest BCUT2D eigenvalue weighted by atomic mass is 10.1. The maximum Gasteiger partial charge on any atom is 0.142 e. The van der Waals surface area contributed by atoms with Gasteiger partial charge in [0.25, 0.3) is 0 Å². The number of nitrogens with zero attached hydrogens (tertiary/aromatic N) is 3. The third-order valence-corrected chi connectivity index (χ3v) is 5.44. The number of hydrogen-bond donors (Lipinski definition) is 0. The van der Waals surface area contributed by atoms with Gasteiger partial charge in [0.2, 0.25) is 0 Å². The molecule has 150 valence electrons. The average Bonchev–Trinajstić information content (AvgIpc) is 3.11. The third-order valence-electron chi connectivity index (χ3n) is 4.78. The highest BCUT2D eigenvalue weighted by atomic mass is 32.2. The summed E-state index contributed by atoms with van der Waals surface area (Å²) >= 11 is 1.70. The molecule has 0 saturated carbocycles. The number of fused-ring (bicyclic) bond motifs is 1. The maximum atomic E-state index is 5.64. The number of thioether (sulfide) groups is 1. The molecule has 0 amide bonds. The van der Waals surface area contributed by atoms with Gasteiger partial charge in [0, 0.05) is 24.7 Å². The fourth-order valence-electron chi connectivity index (χ4n) is 3.56. The molecule has 0 bridgehead atoms. The molecule has 0 atom stereocenters. The minimum Gasteiger partial charge on any atom is -0.497 e. The van der Waals surface area contributed by atoms with E-state index >= 15 is 0 Å². The molecule has 6 heteroatoms. The topological polar surface area (TPSA) is 39.0 Å². The predicted molar refractivity (Wildman–Crippen MR) is 118 cm³/mol. The lowest BCUT2D eigenvalue weighted by molar-refractivity contribution is 0.395. The van der Waals surface area contributed by atoms with Crippen molar-refractivity contribution >= 4 is 23.0 Å². The molecular weight excluding hydrogens is 370 g/mol. The van der Waals surface area contributed by atoms with E-state index in [1.807, 2.05) is 22.7 Å². The van der Waals surface area contributed by atoms with E-state index in [1.54, 1.807) is 26.0 Å². The van der Waals surface area contributed by atoms with Crippen LogP contribution in [0.5, 0.6) is 11.5 Å². The number of hydrogen-bond acceptors (Lipinski definition) is 5. The minimum absolute atomic E-state index is 0.772. The molecule has 0 radical (unpaired) electrons. The smallest absolute Gasteiger partial charge is 0.142 e. The van der Waals surface area contributed by atoms with Crippen LogP contribution in [0.4, 0.5) is 5.69 Å². The van der Waals surface area contributed by atoms with Crippen LogP contribution in [0.3, 0.4) is 0 Å². The maximum absolute atomic E-state index is 5.64. The second kappa shape index (κ2) is 9.24. The van der Waals surface area contributed by atoms with Crippen molar-refractivity contribution in [3.05, 3.63) is 36.4 Å². The predicted octanol–water partition coefficient (Wildman–Crippen LogP) is 5.37. The van der Waals surface area contributed by atoms with Crippen molar-refractivity contribution < 1.29 is 9.47 Å². The van der Waals surface area contributed by atoms with Gasteiger partial charge in [-0.15, -0.1) is 11.8 Å². The molecule has 1 aromatic carbocycles. The van der Waals surface area contributed by atoms with Crippen molar-refractivity contribution in [2.45, 2.75) is 31.7 Å². The molecule has 0 aliphatic heterocycles. The summed E-state index contributed by atoms with van der Waals surface area (Å²) in [6.07, 6.45) is 4.31. The largest absolute Gasteiger partial charge is 0.497 e. The highest BCUT2D eigenvalue weighted by molar-refractivity contribution is 7.98. The molecule has 0 spiro atoms. The van der Waals surface area contributed by atoms with E-state index in [-0.39, 0.29) is 0 Å². The molecule has 2 aromatic heterocycles. The number of rotatable bonds is 9. The molecule has 0 saturated heterocycles. The molecule has 5 nitrogen and oxygen atoms in total. The van der Waals surface area contributed by atoms with Crippen LogP contribution in [0.15, 0.2) is 41.4 Å². The van der Waals surface area contributed by atoms with Crippen LogP contribution in [0.1, 0.15) is 26.7 Å². The van der Waals surface area contributed by atoms with Crippen LogP contribution in [-0.4, -0.2) is 43.2 Å². The molecular formula is C22H29N3O2S. The highest BCUT2D eigenvalue weighted by Gasteiger charge is 2.20. The zero-order valence-electron chi connectivity index (χ0n) is 17.4. The van der Waals surface area contributed by atoms with Crippen molar-refractivity contribution in [3.8, 4) is 22.8 Å². The summed E-state index contributed by atoms with van der Waals surface area (Å²) in [5.41, 5.74) is 4.35. The average molecular weight is 400 g/mol. The number of benzene rings is 1. The molecule has 0 N–H and O–H groups in total. The lowest BCUT2D eigenvalue weighted by Crippen LogP contribution is -2.25. The Labute approximate surface area is 171 Å². The van der Waals surface area contributed by atoms with E-state index in [0.29, 0.717) is 0 Å². The lowest BCUT2D eigenvalue weighted by Gasteiger charge is -2.23. The number of ether oxygens (including phenoxy) is 2. The van der Waals surface area contributed by atoms with Gasteiger partial charge in [-0.2, -0.15) is 5.10 Å². The normalized spacial score (nSPS) is 11.0. The highest BCUT2D eigenvalue weighted by Crippen LogP contribution is 2.38. The summed E-state index contributed by atoms with van der Waals surface area (Å²) in [5.74, 6) is 1.55. The molecule has 28 heavy (non-hydrogen) atoms. The van der Waals surface area contributed by atoms with E-state index in [4.69, 9.17) is 14.6 Å². The third kappa shape index (κ3) is 3.78. The molecule has 0 aliphatic carbocycles. The molecule has 0 fully saturated rings. The van der Waals surface area contributed by atoms with E-state index < -0.39 is 0 Å². The Kier molecular flexibility index (Phi) is 6.73. The van der Waals surface area contributed by atoms with Gasteiger partial charge < -0.3 is 14.4 Å². The van der Waals surface area contributed by atoms with Gasteiger partial charge in [-0.05, 0) is 43.4 Å². The van der Waals surface area contributed by atoms with Crippen LogP contribution in [0.25, 0.3) is 16.8 Å². The number of anilines is 1. The molecule has 3 aromatic rings. The van der Waals surface area contributed by atoms with E-state index in [1.165, 1.54) is 5.69 Å². The molecule has 3 rings (SSSR count). The summed E-state index contributed by atoms with van der Waals surface area (Å²) in [6.45, 7) is 6.50. The summed E-state index contributed by atoms with van der Waals surface area (Å²) in [5, 5.41) is 6.02. The number of methoxy groups -OCH3 is 2. The first kappa shape index (κ1) is 20.4. The van der Waals surface area contributed by atoms with E-state index in [0.717, 1.165) is 59.2 Å². The standard InChI is InChI=1S/C22H29N3O2S/c1-6-13-24(14-7-2)21-19-10-8-9-18(25(19)23-22(21)28-5)17-12-11-16(26-3)15-20(17)27-4/h8-12,15H,6-7,13-14H2,1-5H3. The first-order valence-corrected chi connectivity index (χ1v) is 10.9. The van der Waals surface area contributed by atoms with Gasteiger partial charge in [-0.3, -0.25) is 0 Å². The fraction of sp³-hybridized carbons (Fsp3) is 0.409. The first-order chi connectivity index (χ1) is 13.7. The van der Waals surface area contributed by atoms with Gasteiger partial charge in [-0.25, -0.2) is 4.52 Å². The van der Waals surface area contributed by atoms with Crippen molar-refractivity contribution in [2.75, 3.05) is 38.5 Å². The van der Waals surface area contributed by atoms with Crippen LogP contribution < -0.4 is 14.4 Å².